The van der Waals surface area contributed by atoms with Crippen LogP contribution in [0.15, 0.2) is 48.5 Å². The van der Waals surface area contributed by atoms with Crippen molar-refractivity contribution in [1.82, 2.24) is 9.97 Å². The Balaban J connectivity index is 0.000000521. The number of nitrogens with one attached hydrogen (secondary N) is 2. The van der Waals surface area contributed by atoms with Crippen molar-refractivity contribution in [3.8, 4) is 11.5 Å². The van der Waals surface area contributed by atoms with Crippen LogP contribution in [0.3, 0.4) is 0 Å². The van der Waals surface area contributed by atoms with Gasteiger partial charge in [-0.1, -0.05) is 6.07 Å². The van der Waals surface area contributed by atoms with Crippen LogP contribution in [0.25, 0.3) is 11.0 Å². The van der Waals surface area contributed by atoms with Gasteiger partial charge in [-0.25, -0.2) is 19.0 Å². The van der Waals surface area contributed by atoms with Crippen molar-refractivity contribution < 1.29 is 60.0 Å². The van der Waals surface area contributed by atoms with Crippen LogP contribution in [-0.4, -0.2) is 63.0 Å². The summed E-state index contributed by atoms with van der Waals surface area (Å²) in [5.74, 6) is -4.72. The summed E-state index contributed by atoms with van der Waals surface area (Å²) < 4.78 is 90.6. The van der Waals surface area contributed by atoms with E-state index in [0.29, 0.717) is 29.4 Å². The summed E-state index contributed by atoms with van der Waals surface area (Å²) in [6.07, 6.45) is -10.4. The largest absolute Gasteiger partial charge is 0.494 e. The summed E-state index contributed by atoms with van der Waals surface area (Å²) in [6, 6.07) is 14.5. The number of rotatable bonds is 9. The summed E-state index contributed by atoms with van der Waals surface area (Å²) in [5, 5.41) is 22.0. The van der Waals surface area contributed by atoms with Crippen molar-refractivity contribution in [1.29, 1.82) is 5.41 Å². The molecule has 1 aromatic heterocycles. The average Bonchev–Trinajstić information content (AvgIpc) is 3.44. The summed E-state index contributed by atoms with van der Waals surface area (Å²) in [4.78, 5) is 28.0. The van der Waals surface area contributed by atoms with E-state index >= 15 is 4.39 Å². The molecule has 4 rings (SSSR count). The van der Waals surface area contributed by atoms with Gasteiger partial charge in [0.15, 0.2) is 11.6 Å². The molecule has 1 heterocycles. The topological polar surface area (TPSA) is 175 Å². The minimum absolute atomic E-state index is 0.0196. The third-order valence-electron chi connectivity index (χ3n) is 6.49. The van der Waals surface area contributed by atoms with E-state index in [1.807, 2.05) is 63.8 Å². The van der Waals surface area contributed by atoms with E-state index in [1.54, 1.807) is 24.3 Å². The number of ether oxygens (including phenoxy) is 2. The second kappa shape index (κ2) is 16.7. The first-order chi connectivity index (χ1) is 23.1. The Morgan fingerprint density at radius 1 is 0.980 bits per heavy atom. The highest BCUT2D eigenvalue weighted by Gasteiger charge is 2.39. The van der Waals surface area contributed by atoms with Gasteiger partial charge in [-0.15, -0.1) is 0 Å². The molecule has 11 nitrogen and oxygen atoms in total. The molecule has 0 spiro atoms. The number of anilines is 2. The Hall–Kier alpha value is -5.55. The van der Waals surface area contributed by atoms with Gasteiger partial charge in [0.1, 0.15) is 11.6 Å². The number of alkyl halides is 6. The number of halogens is 7. The fraction of sp³-hybridized carbons (Fsp3) is 0.312. The smallest absolute Gasteiger partial charge is 0.490 e. The molecule has 0 aliphatic heterocycles. The molecule has 0 aliphatic carbocycles. The molecule has 0 bridgehead atoms. The molecule has 0 unspecified atom stereocenters. The monoisotopic (exact) mass is 717 g/mol. The van der Waals surface area contributed by atoms with Gasteiger partial charge in [-0.05, 0) is 82.1 Å². The number of nitrogens with zero attached hydrogens (tertiary/aromatic N) is 2. The quantitative estimate of drug-likeness (QED) is 0.0672. The number of aromatic amines is 1. The molecule has 50 heavy (non-hydrogen) atoms. The number of amidine groups is 1. The fourth-order valence-electron chi connectivity index (χ4n) is 4.04. The number of hydrogen-bond donors (Lipinski definition) is 5. The van der Waals surface area contributed by atoms with Gasteiger partial charge in [0.25, 0.3) is 0 Å². The number of H-pyrrole nitrogens is 1. The molecule has 6 N–H and O–H groups in total. The lowest BCUT2D eigenvalue weighted by Crippen LogP contribution is -2.21. The molecule has 0 aliphatic rings. The zero-order chi connectivity index (χ0) is 38.1. The van der Waals surface area contributed by atoms with Gasteiger partial charge in [0, 0.05) is 22.9 Å². The predicted octanol–water partition coefficient (Wildman–Crippen LogP) is 7.39. The number of benzene rings is 3. The van der Waals surface area contributed by atoms with Crippen LogP contribution in [0, 0.1) is 25.1 Å². The van der Waals surface area contributed by atoms with Crippen LogP contribution >= 0.6 is 0 Å². The molecular formula is C32H34F7N5O6. The van der Waals surface area contributed by atoms with Crippen LogP contribution in [-0.2, 0) is 16.1 Å². The third-order valence-corrected chi connectivity index (χ3v) is 6.49. The van der Waals surface area contributed by atoms with E-state index in [0.717, 1.165) is 27.8 Å². The van der Waals surface area contributed by atoms with E-state index in [-0.39, 0.29) is 24.2 Å². The first kappa shape index (κ1) is 40.6. The number of carboxylic acid groups (broad SMARTS) is 2. The summed E-state index contributed by atoms with van der Waals surface area (Å²) in [7, 11) is 0. The zero-order valence-corrected chi connectivity index (χ0v) is 27.3. The number of aryl methyl sites for hydroxylation is 2. The number of nitrogens with two attached hydrogens (primary N) is 1. The first-order valence-electron chi connectivity index (χ1n) is 14.5. The van der Waals surface area contributed by atoms with Gasteiger partial charge in [-0.2, -0.15) is 26.3 Å². The fourth-order valence-corrected chi connectivity index (χ4v) is 4.04. The number of nitrogen functional groups attached to an aromatic ring is 1. The van der Waals surface area contributed by atoms with Crippen molar-refractivity contribution in [2.24, 2.45) is 5.73 Å². The lowest BCUT2D eigenvalue weighted by Gasteiger charge is -2.24. The molecule has 0 saturated heterocycles. The van der Waals surface area contributed by atoms with E-state index in [4.69, 9.17) is 45.4 Å². The minimum Gasteiger partial charge on any atom is -0.494 e. The maximum Gasteiger partial charge on any atom is 0.490 e. The molecular weight excluding hydrogens is 683 g/mol. The number of aromatic nitrogens is 2. The SMILES string of the molecule is CCOc1cc(CN(c2ccc(C(=N)N)cc2)c2nc3c(C)c(C)ccc3[nH]2)c(F)c(OC(C)C)c1.O=C(O)C(F)(F)F.O=C(O)C(F)(F)F. The Morgan fingerprint density at radius 3 is 1.98 bits per heavy atom. The number of hydrogen-bond acceptors (Lipinski definition) is 7. The molecule has 0 amide bonds. The second-order valence-electron chi connectivity index (χ2n) is 10.6. The highest BCUT2D eigenvalue weighted by Crippen LogP contribution is 2.34. The number of imidazole rings is 1. The molecule has 4 aromatic rings. The highest BCUT2D eigenvalue weighted by molar-refractivity contribution is 5.95. The van der Waals surface area contributed by atoms with Crippen LogP contribution < -0.4 is 20.1 Å². The van der Waals surface area contributed by atoms with E-state index in [1.165, 1.54) is 0 Å². The minimum atomic E-state index is -5.08. The standard InChI is InChI=1S/C28H32FN5O2.2C2HF3O2/c1-6-35-22-13-20(25(29)24(14-22)36-16(2)3)15-34(21-10-8-19(9-11-21)27(30)31)28-32-23-12-7-17(4)18(5)26(23)33-28;2*3-2(4,5)1(6)7/h7-14,16H,6,15H2,1-5H3,(H3,30,31)(H,32,33);2*(H,6,7). The normalized spacial score (nSPS) is 11.2. The first-order valence-corrected chi connectivity index (χ1v) is 14.5. The van der Waals surface area contributed by atoms with Gasteiger partial charge in [0.2, 0.25) is 5.95 Å². The predicted molar refractivity (Wildman–Crippen MR) is 170 cm³/mol. The molecule has 0 radical (unpaired) electrons. The Kier molecular flexibility index (Phi) is 13.6. The maximum absolute atomic E-state index is 15.7. The molecule has 0 fully saturated rings. The number of aliphatic carboxylic acids is 2. The van der Waals surface area contributed by atoms with Crippen molar-refractivity contribution >= 4 is 40.4 Å². The van der Waals surface area contributed by atoms with Gasteiger partial charge < -0.3 is 35.3 Å². The number of carboxylic acids is 2. The number of fused-ring (bicyclic) bond motifs is 1. The number of carbonyl (C=O) groups is 2. The maximum atomic E-state index is 15.7. The van der Waals surface area contributed by atoms with Crippen molar-refractivity contribution in [2.45, 2.75) is 59.6 Å². The zero-order valence-electron chi connectivity index (χ0n) is 27.3. The van der Waals surface area contributed by atoms with Crippen LogP contribution in [0.4, 0.5) is 42.4 Å². The van der Waals surface area contributed by atoms with Crippen molar-refractivity contribution in [3.63, 3.8) is 0 Å². The van der Waals surface area contributed by atoms with Crippen LogP contribution in [0.1, 0.15) is 43.0 Å². The van der Waals surface area contributed by atoms with E-state index in [9.17, 15) is 26.3 Å². The van der Waals surface area contributed by atoms with E-state index in [2.05, 4.69) is 4.98 Å². The average molecular weight is 718 g/mol. The second-order valence-corrected chi connectivity index (χ2v) is 10.6. The Bertz CT molecular complexity index is 1780. The van der Waals surface area contributed by atoms with Crippen molar-refractivity contribution in [2.75, 3.05) is 11.5 Å². The van der Waals surface area contributed by atoms with Gasteiger partial charge >= 0.3 is 24.3 Å². The highest BCUT2D eigenvalue weighted by atomic mass is 19.4. The molecule has 0 saturated carbocycles. The van der Waals surface area contributed by atoms with Gasteiger partial charge in [0.05, 0.1) is 30.3 Å². The molecule has 18 heteroatoms. The molecule has 0 atom stereocenters. The van der Waals surface area contributed by atoms with Crippen LogP contribution in [0.5, 0.6) is 11.5 Å². The lowest BCUT2D eigenvalue weighted by molar-refractivity contribution is -0.193. The molecule has 272 valence electrons. The van der Waals surface area contributed by atoms with E-state index < -0.39 is 30.1 Å². The molecule has 3 aromatic carbocycles. The summed E-state index contributed by atoms with van der Waals surface area (Å²) >= 11 is 0. The van der Waals surface area contributed by atoms with Gasteiger partial charge in [-0.3, -0.25) is 5.41 Å². The lowest BCUT2D eigenvalue weighted by atomic mass is 10.1. The summed E-state index contributed by atoms with van der Waals surface area (Å²) in [5.41, 5.74) is 11.4. The summed E-state index contributed by atoms with van der Waals surface area (Å²) in [6.45, 7) is 10.3. The van der Waals surface area contributed by atoms with Crippen LogP contribution in [0.2, 0.25) is 0 Å². The van der Waals surface area contributed by atoms with Crippen molar-refractivity contribution in [3.05, 3.63) is 76.6 Å². The Morgan fingerprint density at radius 2 is 1.52 bits per heavy atom. The Labute approximate surface area is 280 Å². The third kappa shape index (κ3) is 11.3.